The van der Waals surface area contributed by atoms with Crippen LogP contribution in [0.4, 0.5) is 13.2 Å². The Kier molecular flexibility index (Phi) is 6.14. The van der Waals surface area contributed by atoms with E-state index in [-0.39, 0.29) is 40.0 Å². The van der Waals surface area contributed by atoms with E-state index in [1.165, 1.54) is 20.2 Å². The van der Waals surface area contributed by atoms with Gasteiger partial charge in [-0.1, -0.05) is 0 Å². The maximum Gasteiger partial charge on any atom is 0.433 e. The second-order valence-electron chi connectivity index (χ2n) is 10.1. The summed E-state index contributed by atoms with van der Waals surface area (Å²) in [6.45, 7) is 5.10. The van der Waals surface area contributed by atoms with Crippen LogP contribution < -0.4 is 4.74 Å². The van der Waals surface area contributed by atoms with Gasteiger partial charge in [-0.2, -0.15) is 18.3 Å². The van der Waals surface area contributed by atoms with Gasteiger partial charge in [0.2, 0.25) is 0 Å². The fourth-order valence-electron chi connectivity index (χ4n) is 5.63. The monoisotopic (exact) mass is 556 g/mol. The Bertz CT molecular complexity index is 1530. The van der Waals surface area contributed by atoms with Gasteiger partial charge >= 0.3 is 6.18 Å². The van der Waals surface area contributed by atoms with E-state index >= 15 is 0 Å². The zero-order chi connectivity index (χ0) is 27.5. The van der Waals surface area contributed by atoms with Crippen LogP contribution in [-0.2, 0) is 11.7 Å². The number of thiazole rings is 1. The Morgan fingerprint density at radius 3 is 2.51 bits per heavy atom. The molecule has 1 aromatic carbocycles. The Labute approximate surface area is 227 Å². The number of fused-ring (bicyclic) bond motifs is 1. The molecule has 0 unspecified atom stereocenters. The average Bonchev–Trinajstić information content (AvgIpc) is 3.32. The number of amides is 1. The molecule has 39 heavy (non-hydrogen) atoms. The maximum atomic E-state index is 14.3. The van der Waals surface area contributed by atoms with Crippen LogP contribution in [0.1, 0.15) is 46.4 Å². The molecule has 1 saturated heterocycles. The molecule has 0 N–H and O–H groups in total. The highest BCUT2D eigenvalue weighted by molar-refractivity contribution is 7.09. The van der Waals surface area contributed by atoms with Crippen LogP contribution in [0, 0.1) is 6.92 Å². The number of carbonyl (C=O) groups is 1. The Morgan fingerprint density at radius 2 is 1.92 bits per heavy atom. The van der Waals surface area contributed by atoms with Gasteiger partial charge in [0.25, 0.3) is 5.91 Å². The van der Waals surface area contributed by atoms with Gasteiger partial charge in [0.15, 0.2) is 11.3 Å². The van der Waals surface area contributed by atoms with Crippen molar-refractivity contribution in [2.45, 2.75) is 44.4 Å². The number of nitrogens with zero attached hydrogens (tertiary/aromatic N) is 6. The molecule has 3 aromatic heterocycles. The summed E-state index contributed by atoms with van der Waals surface area (Å²) < 4.78 is 48.8. The Morgan fingerprint density at radius 1 is 1.18 bits per heavy atom. The quantitative estimate of drug-likeness (QED) is 0.344. The molecule has 0 radical (unpaired) electrons. The fourth-order valence-corrected chi connectivity index (χ4v) is 6.55. The highest BCUT2D eigenvalue weighted by Gasteiger charge is 2.53. The largest absolute Gasteiger partial charge is 0.497 e. The average molecular weight is 557 g/mol. The predicted molar refractivity (Wildman–Crippen MR) is 140 cm³/mol. The fraction of sp³-hybridized carbons (Fsp3) is 0.407. The van der Waals surface area contributed by atoms with Gasteiger partial charge in [0.1, 0.15) is 16.3 Å². The number of hydrogen-bond acceptors (Lipinski definition) is 7. The van der Waals surface area contributed by atoms with E-state index in [2.05, 4.69) is 20.0 Å². The van der Waals surface area contributed by atoms with Crippen LogP contribution >= 0.6 is 11.3 Å². The van der Waals surface area contributed by atoms with E-state index in [0.717, 1.165) is 22.4 Å². The smallest absolute Gasteiger partial charge is 0.433 e. The molecule has 4 aromatic rings. The van der Waals surface area contributed by atoms with Crippen molar-refractivity contribution in [3.8, 4) is 17.0 Å². The van der Waals surface area contributed by atoms with Crippen LogP contribution in [0.3, 0.4) is 0 Å². The lowest BCUT2D eigenvalue weighted by Crippen LogP contribution is -2.56. The summed E-state index contributed by atoms with van der Waals surface area (Å²) in [5, 5.41) is 7.08. The minimum absolute atomic E-state index is 0.0524. The van der Waals surface area contributed by atoms with E-state index in [0.29, 0.717) is 30.9 Å². The van der Waals surface area contributed by atoms with Crippen molar-refractivity contribution in [2.75, 3.05) is 26.7 Å². The molecule has 1 saturated carbocycles. The summed E-state index contributed by atoms with van der Waals surface area (Å²) in [5.41, 5.74) is -0.508. The number of benzene rings is 1. The predicted octanol–water partition coefficient (Wildman–Crippen LogP) is 5.02. The van der Waals surface area contributed by atoms with Crippen LogP contribution in [0.5, 0.6) is 5.75 Å². The van der Waals surface area contributed by atoms with Crippen LogP contribution in [0.25, 0.3) is 16.9 Å². The van der Waals surface area contributed by atoms with E-state index in [4.69, 9.17) is 4.74 Å². The Hall–Kier alpha value is -3.51. The van der Waals surface area contributed by atoms with Crippen molar-refractivity contribution < 1.29 is 22.7 Å². The summed E-state index contributed by atoms with van der Waals surface area (Å²) in [7, 11) is 1.51. The van der Waals surface area contributed by atoms with Gasteiger partial charge in [-0.15, -0.1) is 11.3 Å². The Balaban J connectivity index is 1.35. The van der Waals surface area contributed by atoms with E-state index in [1.807, 2.05) is 18.5 Å². The van der Waals surface area contributed by atoms with Crippen LogP contribution in [0.2, 0.25) is 0 Å². The number of hydrogen-bond donors (Lipinski definition) is 0. The summed E-state index contributed by atoms with van der Waals surface area (Å²) in [4.78, 5) is 27.0. The minimum Gasteiger partial charge on any atom is -0.497 e. The number of alkyl halides is 3. The topological polar surface area (TPSA) is 75.9 Å². The molecule has 1 atom stereocenters. The second-order valence-corrected chi connectivity index (χ2v) is 11.0. The molecule has 1 amide bonds. The van der Waals surface area contributed by atoms with Crippen molar-refractivity contribution in [2.24, 2.45) is 0 Å². The molecule has 12 heteroatoms. The SMILES string of the molecule is COc1ccc(-c2nc3c(C(=O)N4CCN(C5(c6nccs6)CC5)C[C@H]4C)cnn3c(C(F)(F)F)c2C)cc1. The minimum atomic E-state index is -4.70. The third-order valence-corrected chi connectivity index (χ3v) is 8.76. The molecular formula is C27H27F3N6O2S. The van der Waals surface area contributed by atoms with E-state index in [1.54, 1.807) is 40.5 Å². The molecule has 4 heterocycles. The number of ether oxygens (including phenoxy) is 1. The maximum absolute atomic E-state index is 14.3. The first-order valence-corrected chi connectivity index (χ1v) is 13.6. The highest BCUT2D eigenvalue weighted by atomic mass is 32.1. The summed E-state index contributed by atoms with van der Waals surface area (Å²) in [6, 6.07) is 6.48. The van der Waals surface area contributed by atoms with Gasteiger partial charge in [0.05, 0.1) is 24.5 Å². The summed E-state index contributed by atoms with van der Waals surface area (Å²) in [5.74, 6) is 0.200. The number of halogens is 3. The molecule has 0 bridgehead atoms. The van der Waals surface area contributed by atoms with Crippen LogP contribution in [0.15, 0.2) is 42.0 Å². The normalized spacial score (nSPS) is 19.4. The molecule has 1 aliphatic carbocycles. The third-order valence-electron chi connectivity index (χ3n) is 7.79. The molecular weight excluding hydrogens is 529 g/mol. The number of aromatic nitrogens is 4. The van der Waals surface area contributed by atoms with Crippen molar-refractivity contribution in [3.63, 3.8) is 0 Å². The van der Waals surface area contributed by atoms with Gasteiger partial charge in [-0.3, -0.25) is 9.69 Å². The summed E-state index contributed by atoms with van der Waals surface area (Å²) in [6.07, 6.45) is 0.388. The van der Waals surface area contributed by atoms with Crippen molar-refractivity contribution >= 4 is 22.9 Å². The summed E-state index contributed by atoms with van der Waals surface area (Å²) >= 11 is 1.65. The zero-order valence-corrected chi connectivity index (χ0v) is 22.5. The molecule has 8 nitrogen and oxygen atoms in total. The third kappa shape index (κ3) is 4.26. The standard InChI is InChI=1S/C27H27F3N6O2S/c1-16-15-34(26(8-9-26)25-31-10-13-39-25)11-12-35(16)24(37)20-14-32-36-22(27(28,29)30)17(2)21(33-23(20)36)18-4-6-19(38-3)7-5-18/h4-7,10,13-14,16H,8-9,11-12,15H2,1-3H3/t16-/m1/s1. The molecule has 6 rings (SSSR count). The van der Waals surface area contributed by atoms with Gasteiger partial charge in [-0.25, -0.2) is 14.5 Å². The lowest BCUT2D eigenvalue weighted by molar-refractivity contribution is -0.143. The molecule has 0 spiro atoms. The van der Waals surface area contributed by atoms with Crippen LogP contribution in [-0.4, -0.2) is 68.1 Å². The first kappa shape index (κ1) is 25.8. The van der Waals surface area contributed by atoms with Gasteiger partial charge < -0.3 is 9.64 Å². The van der Waals surface area contributed by atoms with Gasteiger partial charge in [0, 0.05) is 48.4 Å². The first-order valence-electron chi connectivity index (χ1n) is 12.7. The number of methoxy groups -OCH3 is 1. The molecule has 1 aliphatic heterocycles. The van der Waals surface area contributed by atoms with E-state index in [9.17, 15) is 18.0 Å². The number of rotatable bonds is 5. The molecule has 2 fully saturated rings. The lowest BCUT2D eigenvalue weighted by Gasteiger charge is -2.43. The molecule has 2 aliphatic rings. The van der Waals surface area contributed by atoms with E-state index < -0.39 is 11.9 Å². The van der Waals surface area contributed by atoms with Crippen molar-refractivity contribution in [1.29, 1.82) is 0 Å². The highest BCUT2D eigenvalue weighted by Crippen LogP contribution is 2.52. The number of piperazine rings is 1. The van der Waals surface area contributed by atoms with Crippen molar-refractivity contribution in [1.82, 2.24) is 29.4 Å². The molecule has 204 valence electrons. The lowest BCUT2D eigenvalue weighted by atomic mass is 10.0. The number of carbonyl (C=O) groups excluding carboxylic acids is 1. The van der Waals surface area contributed by atoms with Gasteiger partial charge in [-0.05, 0) is 51.0 Å². The zero-order valence-electron chi connectivity index (χ0n) is 21.7. The first-order chi connectivity index (χ1) is 18.6. The second kappa shape index (κ2) is 9.30. The van der Waals surface area contributed by atoms with Crippen molar-refractivity contribution in [3.05, 3.63) is 63.9 Å².